The third-order valence-corrected chi connectivity index (χ3v) is 2.94. The van der Waals surface area contributed by atoms with Crippen molar-refractivity contribution in [1.82, 2.24) is 5.32 Å². The molecule has 1 nitrogen and oxygen atoms in total. The van der Waals surface area contributed by atoms with Crippen LogP contribution in [0.4, 0.5) is 0 Å². The van der Waals surface area contributed by atoms with Gasteiger partial charge in [-0.2, -0.15) is 0 Å². The maximum atomic E-state index is 3.42. The van der Waals surface area contributed by atoms with Gasteiger partial charge in [0.25, 0.3) is 0 Å². The van der Waals surface area contributed by atoms with Crippen molar-refractivity contribution >= 4 is 0 Å². The van der Waals surface area contributed by atoms with E-state index >= 15 is 0 Å². The summed E-state index contributed by atoms with van der Waals surface area (Å²) < 4.78 is 0. The molecule has 1 aliphatic rings. The predicted octanol–water partition coefficient (Wildman–Crippen LogP) is 3.12. The molecule has 0 aromatic rings. The van der Waals surface area contributed by atoms with Crippen molar-refractivity contribution in [3.63, 3.8) is 0 Å². The molecule has 1 fully saturated rings. The van der Waals surface area contributed by atoms with Gasteiger partial charge in [0.15, 0.2) is 0 Å². The Morgan fingerprint density at radius 1 is 1.31 bits per heavy atom. The first kappa shape index (κ1) is 10.8. The second-order valence-electron chi connectivity index (χ2n) is 4.07. The smallest absolute Gasteiger partial charge is 0.0134 e. The summed E-state index contributed by atoms with van der Waals surface area (Å²) in [5.74, 6) is 1.06. The maximum Gasteiger partial charge on any atom is 0.0134 e. The first-order valence-corrected chi connectivity index (χ1v) is 5.75. The lowest BCUT2D eigenvalue weighted by molar-refractivity contribution is 0.475. The maximum absolute atomic E-state index is 3.42. The lowest BCUT2D eigenvalue weighted by Gasteiger charge is -2.07. The summed E-state index contributed by atoms with van der Waals surface area (Å²) in [4.78, 5) is 0. The Morgan fingerprint density at radius 3 is 2.77 bits per heavy atom. The van der Waals surface area contributed by atoms with Crippen molar-refractivity contribution in [3.8, 4) is 0 Å². The Kier molecular flexibility index (Phi) is 5.92. The highest BCUT2D eigenvalue weighted by atomic mass is 14.8. The summed E-state index contributed by atoms with van der Waals surface area (Å²) >= 11 is 0. The molecule has 1 aliphatic carbocycles. The number of nitrogens with one attached hydrogen (secondary N) is 1. The number of allylic oxidation sites excluding steroid dienone is 1. The topological polar surface area (TPSA) is 12.0 Å². The summed E-state index contributed by atoms with van der Waals surface area (Å²) in [6.45, 7) is 4.31. The van der Waals surface area contributed by atoms with E-state index in [0.29, 0.717) is 0 Å². The van der Waals surface area contributed by atoms with Gasteiger partial charge in [-0.05, 0) is 32.2 Å². The molecule has 13 heavy (non-hydrogen) atoms. The molecule has 0 aliphatic heterocycles. The molecule has 0 radical (unpaired) electrons. The minimum absolute atomic E-state index is 1.04. The average Bonchev–Trinajstić information content (AvgIpc) is 2.63. The van der Waals surface area contributed by atoms with Gasteiger partial charge >= 0.3 is 0 Å². The molecule has 0 heterocycles. The summed E-state index contributed by atoms with van der Waals surface area (Å²) in [5, 5.41) is 3.42. The van der Waals surface area contributed by atoms with Crippen molar-refractivity contribution in [1.29, 1.82) is 0 Å². The van der Waals surface area contributed by atoms with Crippen LogP contribution in [0.25, 0.3) is 0 Å². The van der Waals surface area contributed by atoms with Gasteiger partial charge in [0.2, 0.25) is 0 Å². The molecule has 1 N–H and O–H groups in total. The Balaban J connectivity index is 1.83. The minimum atomic E-state index is 1.04. The zero-order valence-electron chi connectivity index (χ0n) is 8.89. The molecule has 0 amide bonds. The van der Waals surface area contributed by atoms with E-state index in [1.807, 2.05) is 0 Å². The van der Waals surface area contributed by atoms with E-state index in [9.17, 15) is 0 Å². The van der Waals surface area contributed by atoms with Gasteiger partial charge in [-0.15, -0.1) is 0 Å². The van der Waals surface area contributed by atoms with Crippen molar-refractivity contribution < 1.29 is 0 Å². The van der Waals surface area contributed by atoms with Crippen LogP contribution in [0.15, 0.2) is 12.2 Å². The molecule has 0 spiro atoms. The monoisotopic (exact) mass is 181 g/mol. The van der Waals surface area contributed by atoms with Crippen molar-refractivity contribution in [2.24, 2.45) is 5.92 Å². The van der Waals surface area contributed by atoms with Crippen molar-refractivity contribution in [3.05, 3.63) is 12.2 Å². The van der Waals surface area contributed by atoms with E-state index in [4.69, 9.17) is 0 Å². The van der Waals surface area contributed by atoms with Gasteiger partial charge in [-0.25, -0.2) is 0 Å². The summed E-state index contributed by atoms with van der Waals surface area (Å²) in [7, 11) is 0. The molecule has 0 aromatic carbocycles. The summed E-state index contributed by atoms with van der Waals surface area (Å²) in [6.07, 6.45) is 13.0. The van der Waals surface area contributed by atoms with Crippen LogP contribution >= 0.6 is 0 Å². The van der Waals surface area contributed by atoms with Gasteiger partial charge in [0.05, 0.1) is 0 Å². The van der Waals surface area contributed by atoms with Crippen LogP contribution in [0.3, 0.4) is 0 Å². The molecule has 1 heteroatoms. The van der Waals surface area contributed by atoms with Crippen LogP contribution in [0.1, 0.15) is 45.4 Å². The Morgan fingerprint density at radius 2 is 2.08 bits per heavy atom. The van der Waals surface area contributed by atoms with Crippen LogP contribution < -0.4 is 5.32 Å². The lowest BCUT2D eigenvalue weighted by atomic mass is 10.0. The number of hydrogen-bond donors (Lipinski definition) is 1. The van der Waals surface area contributed by atoms with Gasteiger partial charge in [0.1, 0.15) is 0 Å². The fourth-order valence-corrected chi connectivity index (χ4v) is 2.12. The minimum Gasteiger partial charge on any atom is -0.313 e. The Bertz CT molecular complexity index is 134. The van der Waals surface area contributed by atoms with E-state index in [1.165, 1.54) is 45.1 Å². The third-order valence-electron chi connectivity index (χ3n) is 2.94. The first-order chi connectivity index (χ1) is 6.43. The first-order valence-electron chi connectivity index (χ1n) is 5.75. The Labute approximate surface area is 82.6 Å². The summed E-state index contributed by atoms with van der Waals surface area (Å²) in [6, 6.07) is 0. The fourth-order valence-electron chi connectivity index (χ4n) is 2.12. The molecular weight excluding hydrogens is 158 g/mol. The van der Waals surface area contributed by atoms with Gasteiger partial charge in [0, 0.05) is 6.54 Å². The standard InChI is InChI=1S/C12H23N/c1-2-3-10-13-11-6-9-12-7-4-5-8-12/h2-3,12-13H,4-11H2,1H3/b3-2+. The number of rotatable bonds is 6. The Hall–Kier alpha value is -0.300. The highest BCUT2D eigenvalue weighted by Crippen LogP contribution is 2.28. The third kappa shape index (κ3) is 5.09. The molecular formula is C12H23N. The average molecular weight is 181 g/mol. The molecule has 0 bridgehead atoms. The molecule has 76 valence electrons. The van der Waals surface area contributed by atoms with Crippen molar-refractivity contribution in [2.75, 3.05) is 13.1 Å². The zero-order valence-corrected chi connectivity index (χ0v) is 8.89. The quantitative estimate of drug-likeness (QED) is 0.490. The molecule has 0 unspecified atom stereocenters. The van der Waals surface area contributed by atoms with E-state index < -0.39 is 0 Å². The second-order valence-corrected chi connectivity index (χ2v) is 4.07. The second kappa shape index (κ2) is 7.14. The molecule has 0 atom stereocenters. The molecule has 0 aromatic heterocycles. The van der Waals surface area contributed by atoms with Gasteiger partial charge in [-0.3, -0.25) is 0 Å². The van der Waals surface area contributed by atoms with Gasteiger partial charge in [-0.1, -0.05) is 37.8 Å². The van der Waals surface area contributed by atoms with Crippen LogP contribution in [0.2, 0.25) is 0 Å². The molecule has 1 saturated carbocycles. The molecule has 0 saturated heterocycles. The fraction of sp³-hybridized carbons (Fsp3) is 0.833. The molecule has 1 rings (SSSR count). The predicted molar refractivity (Wildman–Crippen MR) is 58.9 cm³/mol. The largest absolute Gasteiger partial charge is 0.313 e. The SMILES string of the molecule is C/C=C/CNCCCC1CCCC1. The summed E-state index contributed by atoms with van der Waals surface area (Å²) in [5.41, 5.74) is 0. The van der Waals surface area contributed by atoms with Crippen LogP contribution in [0.5, 0.6) is 0 Å². The van der Waals surface area contributed by atoms with Crippen molar-refractivity contribution in [2.45, 2.75) is 45.4 Å². The zero-order chi connectivity index (χ0) is 9.36. The van der Waals surface area contributed by atoms with Gasteiger partial charge < -0.3 is 5.32 Å². The van der Waals surface area contributed by atoms with Crippen LogP contribution in [0, 0.1) is 5.92 Å². The van der Waals surface area contributed by atoms with Crippen LogP contribution in [-0.4, -0.2) is 13.1 Å². The lowest BCUT2D eigenvalue weighted by Crippen LogP contribution is -2.15. The van der Waals surface area contributed by atoms with Crippen LogP contribution in [-0.2, 0) is 0 Å². The van der Waals surface area contributed by atoms with E-state index in [0.717, 1.165) is 12.5 Å². The normalized spacial score (nSPS) is 18.8. The van der Waals surface area contributed by atoms with E-state index in [1.54, 1.807) is 0 Å². The van der Waals surface area contributed by atoms with E-state index in [-0.39, 0.29) is 0 Å². The van der Waals surface area contributed by atoms with E-state index in [2.05, 4.69) is 24.4 Å². The highest BCUT2D eigenvalue weighted by Gasteiger charge is 2.13. The highest BCUT2D eigenvalue weighted by molar-refractivity contribution is 4.79. The number of hydrogen-bond acceptors (Lipinski definition) is 1.